The summed E-state index contributed by atoms with van der Waals surface area (Å²) in [4.78, 5) is 14.7. The van der Waals surface area contributed by atoms with Gasteiger partial charge in [-0.1, -0.05) is 29.8 Å². The molecular formula is C20H20ClFN2O. The Morgan fingerprint density at radius 3 is 2.68 bits per heavy atom. The van der Waals surface area contributed by atoms with E-state index in [0.717, 1.165) is 43.6 Å². The standard InChI is InChI=1S/C20H20ClFN2O/c21-19-6-2-1-5-16(19)17-12-18(17)20(25)23-14-9-13(22)10-15(11-14)24-7-3-4-8-24/h1-2,5-6,9-11,17-18H,3-4,7-8,12H2,(H,23,25). The molecule has 1 saturated carbocycles. The van der Waals surface area contributed by atoms with Gasteiger partial charge in [-0.05, 0) is 55.0 Å². The van der Waals surface area contributed by atoms with E-state index in [2.05, 4.69) is 10.2 Å². The Morgan fingerprint density at radius 1 is 1.16 bits per heavy atom. The lowest BCUT2D eigenvalue weighted by molar-refractivity contribution is -0.117. The fourth-order valence-corrected chi connectivity index (χ4v) is 3.92. The minimum Gasteiger partial charge on any atom is -0.371 e. The lowest BCUT2D eigenvalue weighted by Crippen LogP contribution is -2.19. The molecule has 2 unspecified atom stereocenters. The Morgan fingerprint density at radius 2 is 1.92 bits per heavy atom. The normalized spacial score (nSPS) is 22.1. The number of rotatable bonds is 4. The van der Waals surface area contributed by atoms with Crippen LogP contribution in [-0.2, 0) is 4.79 Å². The Labute approximate surface area is 151 Å². The summed E-state index contributed by atoms with van der Waals surface area (Å²) in [7, 11) is 0. The van der Waals surface area contributed by atoms with Gasteiger partial charge in [0.2, 0.25) is 5.91 Å². The fraction of sp³-hybridized carbons (Fsp3) is 0.350. The van der Waals surface area contributed by atoms with Crippen LogP contribution in [-0.4, -0.2) is 19.0 Å². The number of nitrogens with one attached hydrogen (secondary N) is 1. The zero-order valence-electron chi connectivity index (χ0n) is 13.8. The van der Waals surface area contributed by atoms with E-state index < -0.39 is 0 Å². The van der Waals surface area contributed by atoms with Gasteiger partial charge in [-0.25, -0.2) is 4.39 Å². The van der Waals surface area contributed by atoms with Gasteiger partial charge in [0, 0.05) is 35.4 Å². The molecule has 4 rings (SSSR count). The summed E-state index contributed by atoms with van der Waals surface area (Å²) >= 11 is 6.22. The lowest BCUT2D eigenvalue weighted by Gasteiger charge is -2.19. The quantitative estimate of drug-likeness (QED) is 0.849. The van der Waals surface area contributed by atoms with Crippen molar-refractivity contribution in [3.05, 3.63) is 58.9 Å². The molecule has 1 aliphatic heterocycles. The number of anilines is 2. The van der Waals surface area contributed by atoms with Crippen molar-refractivity contribution in [1.29, 1.82) is 0 Å². The maximum atomic E-state index is 13.9. The minimum absolute atomic E-state index is 0.0668. The predicted octanol–water partition coefficient (Wildman–Crippen LogP) is 4.82. The first-order valence-corrected chi connectivity index (χ1v) is 9.10. The number of halogens is 2. The number of hydrogen-bond donors (Lipinski definition) is 1. The molecule has 1 N–H and O–H groups in total. The topological polar surface area (TPSA) is 32.3 Å². The van der Waals surface area contributed by atoms with Crippen LogP contribution in [0.15, 0.2) is 42.5 Å². The first-order valence-electron chi connectivity index (χ1n) is 8.72. The van der Waals surface area contributed by atoms with Gasteiger partial charge in [-0.2, -0.15) is 0 Å². The number of nitrogens with zero attached hydrogens (tertiary/aromatic N) is 1. The number of carbonyl (C=O) groups is 1. The smallest absolute Gasteiger partial charge is 0.228 e. The molecule has 0 aromatic heterocycles. The molecule has 0 spiro atoms. The molecule has 0 radical (unpaired) electrons. The Kier molecular flexibility index (Phi) is 4.38. The van der Waals surface area contributed by atoms with Crippen molar-refractivity contribution in [2.75, 3.05) is 23.3 Å². The molecule has 2 atom stereocenters. The Balaban J connectivity index is 1.46. The summed E-state index contributed by atoms with van der Waals surface area (Å²) in [5.41, 5.74) is 2.38. The largest absolute Gasteiger partial charge is 0.371 e. The van der Waals surface area contributed by atoms with Gasteiger partial charge >= 0.3 is 0 Å². The molecule has 2 aliphatic rings. The van der Waals surface area contributed by atoms with E-state index in [1.54, 1.807) is 0 Å². The maximum Gasteiger partial charge on any atom is 0.228 e. The van der Waals surface area contributed by atoms with Crippen molar-refractivity contribution in [2.24, 2.45) is 5.92 Å². The second-order valence-electron chi connectivity index (χ2n) is 6.85. The fourth-order valence-electron chi connectivity index (χ4n) is 3.64. The van der Waals surface area contributed by atoms with Crippen LogP contribution >= 0.6 is 11.6 Å². The lowest BCUT2D eigenvalue weighted by atomic mass is 10.1. The Bertz CT molecular complexity index is 804. The molecular weight excluding hydrogens is 339 g/mol. The van der Waals surface area contributed by atoms with Gasteiger partial charge in [0.05, 0.1) is 0 Å². The van der Waals surface area contributed by atoms with Crippen LogP contribution in [0.4, 0.5) is 15.8 Å². The molecule has 5 heteroatoms. The maximum absolute atomic E-state index is 13.9. The van der Waals surface area contributed by atoms with Crippen LogP contribution in [0.2, 0.25) is 5.02 Å². The van der Waals surface area contributed by atoms with Crippen molar-refractivity contribution in [1.82, 2.24) is 0 Å². The van der Waals surface area contributed by atoms with Crippen LogP contribution in [0.3, 0.4) is 0 Å². The summed E-state index contributed by atoms with van der Waals surface area (Å²) in [5.74, 6) is -0.334. The second kappa shape index (κ2) is 6.68. The third-order valence-electron chi connectivity index (χ3n) is 5.05. The van der Waals surface area contributed by atoms with Crippen LogP contribution in [0.1, 0.15) is 30.7 Å². The van der Waals surface area contributed by atoms with Crippen molar-refractivity contribution < 1.29 is 9.18 Å². The monoisotopic (exact) mass is 358 g/mol. The molecule has 0 bridgehead atoms. The number of benzene rings is 2. The molecule has 2 aromatic carbocycles. The first kappa shape index (κ1) is 16.4. The van der Waals surface area contributed by atoms with Gasteiger partial charge in [0.25, 0.3) is 0 Å². The van der Waals surface area contributed by atoms with Gasteiger partial charge in [0.15, 0.2) is 0 Å². The summed E-state index contributed by atoms with van der Waals surface area (Å²) in [5, 5.41) is 3.58. The minimum atomic E-state index is -0.321. The molecule has 3 nitrogen and oxygen atoms in total. The van der Waals surface area contributed by atoms with E-state index in [1.165, 1.54) is 12.1 Å². The SMILES string of the molecule is O=C(Nc1cc(F)cc(N2CCCC2)c1)C1CC1c1ccccc1Cl. The molecule has 1 aliphatic carbocycles. The van der Waals surface area contributed by atoms with Crippen LogP contribution in [0.25, 0.3) is 0 Å². The zero-order valence-corrected chi connectivity index (χ0v) is 14.6. The molecule has 2 aromatic rings. The highest BCUT2D eigenvalue weighted by Gasteiger charge is 2.44. The second-order valence-corrected chi connectivity index (χ2v) is 7.26. The highest BCUT2D eigenvalue weighted by Crippen LogP contribution is 2.50. The summed E-state index contributed by atoms with van der Waals surface area (Å²) in [6.07, 6.45) is 3.03. The van der Waals surface area contributed by atoms with Crippen molar-refractivity contribution >= 4 is 28.9 Å². The van der Waals surface area contributed by atoms with Crippen LogP contribution < -0.4 is 10.2 Å². The zero-order chi connectivity index (χ0) is 17.4. The van der Waals surface area contributed by atoms with Crippen molar-refractivity contribution in [2.45, 2.75) is 25.2 Å². The van der Waals surface area contributed by atoms with Gasteiger partial charge in [-0.3, -0.25) is 4.79 Å². The van der Waals surface area contributed by atoms with E-state index >= 15 is 0 Å². The average Bonchev–Trinajstić information content (AvgIpc) is 3.18. The van der Waals surface area contributed by atoms with E-state index in [1.807, 2.05) is 30.3 Å². The average molecular weight is 359 g/mol. The summed E-state index contributed by atoms with van der Waals surface area (Å²) in [6.45, 7) is 1.88. The van der Waals surface area contributed by atoms with E-state index in [0.29, 0.717) is 10.7 Å². The van der Waals surface area contributed by atoms with Crippen molar-refractivity contribution in [3.63, 3.8) is 0 Å². The van der Waals surface area contributed by atoms with Crippen LogP contribution in [0.5, 0.6) is 0 Å². The molecule has 1 heterocycles. The molecule has 130 valence electrons. The highest BCUT2D eigenvalue weighted by atomic mass is 35.5. The van der Waals surface area contributed by atoms with Crippen molar-refractivity contribution in [3.8, 4) is 0 Å². The van der Waals surface area contributed by atoms with E-state index in [4.69, 9.17) is 11.6 Å². The molecule has 1 saturated heterocycles. The molecule has 2 fully saturated rings. The van der Waals surface area contributed by atoms with E-state index in [9.17, 15) is 9.18 Å². The summed E-state index contributed by atoms with van der Waals surface area (Å²) < 4.78 is 13.9. The van der Waals surface area contributed by atoms with Gasteiger partial charge in [0.1, 0.15) is 5.82 Å². The third kappa shape index (κ3) is 3.49. The predicted molar refractivity (Wildman–Crippen MR) is 98.8 cm³/mol. The Hall–Kier alpha value is -2.07. The molecule has 1 amide bonds. The third-order valence-corrected chi connectivity index (χ3v) is 5.40. The van der Waals surface area contributed by atoms with Gasteiger partial charge < -0.3 is 10.2 Å². The van der Waals surface area contributed by atoms with Gasteiger partial charge in [-0.15, -0.1) is 0 Å². The molecule has 25 heavy (non-hydrogen) atoms. The first-order chi connectivity index (χ1) is 12.1. The number of amides is 1. The summed E-state index contributed by atoms with van der Waals surface area (Å²) in [6, 6.07) is 12.4. The number of carbonyl (C=O) groups excluding carboxylic acids is 1. The van der Waals surface area contributed by atoms with E-state index in [-0.39, 0.29) is 23.6 Å². The van der Waals surface area contributed by atoms with Crippen LogP contribution in [0, 0.1) is 11.7 Å². The highest BCUT2D eigenvalue weighted by molar-refractivity contribution is 6.31. The number of hydrogen-bond acceptors (Lipinski definition) is 2.